The SMILES string of the molecule is CC(C)(C)c1cccnc1CNC(=O)C1(C(=O)O)CC2(CCC2)C1. The highest BCUT2D eigenvalue weighted by Gasteiger charge is 2.64. The van der Waals surface area contributed by atoms with Crippen molar-refractivity contribution in [1.82, 2.24) is 10.3 Å². The second-order valence-electron chi connectivity index (χ2n) is 8.52. The van der Waals surface area contributed by atoms with Crippen LogP contribution >= 0.6 is 0 Å². The van der Waals surface area contributed by atoms with Crippen LogP contribution < -0.4 is 5.32 Å². The zero-order valence-electron chi connectivity index (χ0n) is 14.7. The van der Waals surface area contributed by atoms with Gasteiger partial charge in [0, 0.05) is 6.20 Å². The molecule has 0 aliphatic heterocycles. The first kappa shape index (κ1) is 16.9. The molecule has 0 radical (unpaired) electrons. The largest absolute Gasteiger partial charge is 0.480 e. The van der Waals surface area contributed by atoms with Gasteiger partial charge in [0.05, 0.1) is 12.2 Å². The van der Waals surface area contributed by atoms with E-state index in [0.717, 1.165) is 30.5 Å². The fraction of sp³-hybridized carbons (Fsp3) is 0.632. The third kappa shape index (κ3) is 2.70. The second-order valence-corrected chi connectivity index (χ2v) is 8.52. The summed E-state index contributed by atoms with van der Waals surface area (Å²) in [4.78, 5) is 28.7. The molecule has 0 aromatic carbocycles. The van der Waals surface area contributed by atoms with Gasteiger partial charge < -0.3 is 10.4 Å². The first-order chi connectivity index (χ1) is 11.2. The Morgan fingerprint density at radius 3 is 2.46 bits per heavy atom. The summed E-state index contributed by atoms with van der Waals surface area (Å²) in [6.45, 7) is 6.56. The van der Waals surface area contributed by atoms with Crippen molar-refractivity contribution < 1.29 is 14.7 Å². The summed E-state index contributed by atoms with van der Waals surface area (Å²) in [5.41, 5.74) is 0.676. The molecule has 1 spiro atoms. The van der Waals surface area contributed by atoms with Gasteiger partial charge in [-0.05, 0) is 48.1 Å². The summed E-state index contributed by atoms with van der Waals surface area (Å²) in [7, 11) is 0. The van der Waals surface area contributed by atoms with Crippen molar-refractivity contribution in [1.29, 1.82) is 0 Å². The van der Waals surface area contributed by atoms with Crippen LogP contribution in [-0.4, -0.2) is 22.0 Å². The molecule has 2 aliphatic carbocycles. The molecule has 3 rings (SSSR count). The lowest BCUT2D eigenvalue weighted by Crippen LogP contribution is -2.61. The van der Waals surface area contributed by atoms with Gasteiger partial charge in [0.25, 0.3) is 0 Å². The number of rotatable bonds is 4. The van der Waals surface area contributed by atoms with Gasteiger partial charge in [-0.3, -0.25) is 14.6 Å². The molecule has 5 nitrogen and oxygen atoms in total. The standard InChI is InChI=1S/C19H26N2O3/c1-17(2,3)13-6-4-9-20-14(13)10-21-15(22)19(16(23)24)11-18(12-19)7-5-8-18/h4,6,9H,5,7-8,10-12H2,1-3H3,(H,21,22)(H,23,24). The van der Waals surface area contributed by atoms with Crippen LogP contribution in [0.2, 0.25) is 0 Å². The van der Waals surface area contributed by atoms with E-state index in [1.807, 2.05) is 12.1 Å². The molecule has 1 heterocycles. The van der Waals surface area contributed by atoms with Crippen molar-refractivity contribution in [2.24, 2.45) is 10.8 Å². The zero-order chi connectivity index (χ0) is 17.6. The van der Waals surface area contributed by atoms with Crippen LogP contribution in [0.3, 0.4) is 0 Å². The average Bonchev–Trinajstić information content (AvgIpc) is 2.41. The number of nitrogens with zero attached hydrogens (tertiary/aromatic N) is 1. The molecule has 0 atom stereocenters. The Balaban J connectivity index is 1.71. The summed E-state index contributed by atoms with van der Waals surface area (Å²) in [6.07, 6.45) is 5.94. The lowest BCUT2D eigenvalue weighted by Gasteiger charge is -2.58. The molecular weight excluding hydrogens is 304 g/mol. The van der Waals surface area contributed by atoms with Gasteiger partial charge in [0.2, 0.25) is 5.91 Å². The number of hydrogen-bond donors (Lipinski definition) is 2. The number of amides is 1. The number of carbonyl (C=O) groups excluding carboxylic acids is 1. The van der Waals surface area contributed by atoms with Gasteiger partial charge in [-0.2, -0.15) is 0 Å². The number of nitrogens with one attached hydrogen (secondary N) is 1. The molecule has 1 aromatic heterocycles. The fourth-order valence-corrected chi connectivity index (χ4v) is 4.26. The average molecular weight is 330 g/mol. The first-order valence-corrected chi connectivity index (χ1v) is 8.65. The second kappa shape index (κ2) is 5.57. The number of carboxylic acid groups (broad SMARTS) is 1. The molecule has 2 fully saturated rings. The summed E-state index contributed by atoms with van der Waals surface area (Å²) in [5.74, 6) is -1.35. The van der Waals surface area contributed by atoms with E-state index in [4.69, 9.17) is 0 Å². The lowest BCUT2D eigenvalue weighted by molar-refractivity contribution is -0.181. The molecule has 2 saturated carbocycles. The molecular formula is C19H26N2O3. The van der Waals surface area contributed by atoms with E-state index in [1.54, 1.807) is 6.20 Å². The third-order valence-corrected chi connectivity index (χ3v) is 5.73. The van der Waals surface area contributed by atoms with Crippen LogP contribution in [0.1, 0.15) is 64.1 Å². The van der Waals surface area contributed by atoms with E-state index in [-0.39, 0.29) is 23.3 Å². The maximum atomic E-state index is 12.6. The van der Waals surface area contributed by atoms with Gasteiger partial charge >= 0.3 is 5.97 Å². The van der Waals surface area contributed by atoms with Crippen LogP contribution in [-0.2, 0) is 21.5 Å². The molecule has 24 heavy (non-hydrogen) atoms. The van der Waals surface area contributed by atoms with Gasteiger partial charge in [0.15, 0.2) is 0 Å². The van der Waals surface area contributed by atoms with E-state index in [1.165, 1.54) is 0 Å². The minimum absolute atomic E-state index is 0.0781. The fourth-order valence-electron chi connectivity index (χ4n) is 4.26. The van der Waals surface area contributed by atoms with Crippen molar-refractivity contribution >= 4 is 11.9 Å². The first-order valence-electron chi connectivity index (χ1n) is 8.65. The molecule has 130 valence electrons. The van der Waals surface area contributed by atoms with Crippen LogP contribution in [0.15, 0.2) is 18.3 Å². The van der Waals surface area contributed by atoms with Crippen molar-refractivity contribution in [3.63, 3.8) is 0 Å². The molecule has 1 aromatic rings. The van der Waals surface area contributed by atoms with Gasteiger partial charge in [-0.15, -0.1) is 0 Å². The molecule has 2 N–H and O–H groups in total. The van der Waals surface area contributed by atoms with E-state index in [2.05, 4.69) is 31.1 Å². The lowest BCUT2D eigenvalue weighted by atomic mass is 9.45. The van der Waals surface area contributed by atoms with Crippen molar-refractivity contribution in [3.05, 3.63) is 29.6 Å². The Morgan fingerprint density at radius 1 is 1.29 bits per heavy atom. The maximum Gasteiger partial charge on any atom is 0.319 e. The van der Waals surface area contributed by atoms with E-state index < -0.39 is 11.4 Å². The minimum Gasteiger partial charge on any atom is -0.480 e. The summed E-state index contributed by atoms with van der Waals surface area (Å²) in [5, 5.41) is 12.4. The Bertz CT molecular complexity index is 663. The number of pyridine rings is 1. The van der Waals surface area contributed by atoms with Crippen LogP contribution in [0.25, 0.3) is 0 Å². The quantitative estimate of drug-likeness (QED) is 0.832. The van der Waals surface area contributed by atoms with Crippen molar-refractivity contribution in [2.45, 2.75) is 64.8 Å². The van der Waals surface area contributed by atoms with E-state index in [0.29, 0.717) is 12.8 Å². The Morgan fingerprint density at radius 2 is 1.96 bits per heavy atom. The molecule has 0 saturated heterocycles. The van der Waals surface area contributed by atoms with Gasteiger partial charge in [0.1, 0.15) is 5.41 Å². The Kier molecular flexibility index (Phi) is 3.93. The number of carboxylic acids is 1. The highest BCUT2D eigenvalue weighted by atomic mass is 16.4. The molecule has 0 bridgehead atoms. The molecule has 0 unspecified atom stereocenters. The van der Waals surface area contributed by atoms with Crippen LogP contribution in [0.4, 0.5) is 0 Å². The highest BCUT2D eigenvalue weighted by molar-refractivity contribution is 6.03. The van der Waals surface area contributed by atoms with Gasteiger partial charge in [-0.1, -0.05) is 33.3 Å². The number of carbonyl (C=O) groups is 2. The smallest absolute Gasteiger partial charge is 0.319 e. The van der Waals surface area contributed by atoms with Crippen molar-refractivity contribution in [2.75, 3.05) is 0 Å². The minimum atomic E-state index is -1.24. The van der Waals surface area contributed by atoms with Crippen molar-refractivity contribution in [3.8, 4) is 0 Å². The van der Waals surface area contributed by atoms with Gasteiger partial charge in [-0.25, -0.2) is 0 Å². The number of aliphatic carboxylic acids is 1. The Hall–Kier alpha value is -1.91. The monoisotopic (exact) mass is 330 g/mol. The van der Waals surface area contributed by atoms with Crippen LogP contribution in [0, 0.1) is 10.8 Å². The zero-order valence-corrected chi connectivity index (χ0v) is 14.7. The predicted octanol–water partition coefficient (Wildman–Crippen LogP) is 3.03. The maximum absolute atomic E-state index is 12.6. The summed E-state index contributed by atoms with van der Waals surface area (Å²) < 4.78 is 0. The topological polar surface area (TPSA) is 79.3 Å². The molecule has 2 aliphatic rings. The van der Waals surface area contributed by atoms with E-state index >= 15 is 0 Å². The predicted molar refractivity (Wildman–Crippen MR) is 90.4 cm³/mol. The normalized spacial score (nSPS) is 20.8. The number of hydrogen-bond acceptors (Lipinski definition) is 3. The molecule has 1 amide bonds. The number of aromatic nitrogens is 1. The van der Waals surface area contributed by atoms with E-state index in [9.17, 15) is 14.7 Å². The summed E-state index contributed by atoms with van der Waals surface area (Å²) in [6, 6.07) is 3.89. The Labute approximate surface area is 142 Å². The highest BCUT2D eigenvalue weighted by Crippen LogP contribution is 2.64. The van der Waals surface area contributed by atoms with Crippen LogP contribution in [0.5, 0.6) is 0 Å². The third-order valence-electron chi connectivity index (χ3n) is 5.73. The molecule has 5 heteroatoms. The summed E-state index contributed by atoms with van der Waals surface area (Å²) >= 11 is 0.